The summed E-state index contributed by atoms with van der Waals surface area (Å²) >= 11 is 11.8. The monoisotopic (exact) mass is 488 g/mol. The van der Waals surface area contributed by atoms with Gasteiger partial charge in [-0.05, 0) is 85.0 Å². The minimum atomic E-state index is -0.268. The van der Waals surface area contributed by atoms with E-state index in [1.807, 2.05) is 83.8 Å². The zero-order valence-electron chi connectivity index (χ0n) is 18.2. The smallest absolute Gasteiger partial charge is 0.221 e. The number of amides is 1. The number of benzene rings is 2. The largest absolute Gasteiger partial charge is 0.459 e. The molecule has 0 unspecified atom stereocenters. The van der Waals surface area contributed by atoms with Gasteiger partial charge in [0, 0.05) is 35.1 Å². The van der Waals surface area contributed by atoms with Gasteiger partial charge in [-0.15, -0.1) is 0 Å². The number of hydrogen-bond donors (Lipinski definition) is 2. The summed E-state index contributed by atoms with van der Waals surface area (Å²) in [6.45, 7) is 1.48. The molecule has 3 heterocycles. The molecule has 2 aromatic heterocycles. The van der Waals surface area contributed by atoms with Crippen LogP contribution in [0.1, 0.15) is 30.5 Å². The number of hydrogen-bond acceptors (Lipinski definition) is 4. The molecule has 34 heavy (non-hydrogen) atoms. The molecule has 2 atom stereocenters. The molecule has 170 valence electrons. The van der Waals surface area contributed by atoms with E-state index in [1.54, 1.807) is 6.20 Å². The second-order valence-corrected chi connectivity index (χ2v) is 8.76. The van der Waals surface area contributed by atoms with Crippen LogP contribution < -0.4 is 15.5 Å². The van der Waals surface area contributed by atoms with E-state index in [1.165, 1.54) is 6.92 Å². The maximum Gasteiger partial charge on any atom is 0.221 e. The van der Waals surface area contributed by atoms with Gasteiger partial charge in [0.2, 0.25) is 5.91 Å². The van der Waals surface area contributed by atoms with Crippen LogP contribution in [0.2, 0.25) is 5.02 Å². The third kappa shape index (κ3) is 4.40. The van der Waals surface area contributed by atoms with Crippen molar-refractivity contribution >= 4 is 46.2 Å². The zero-order valence-corrected chi connectivity index (χ0v) is 19.8. The van der Waals surface area contributed by atoms with Gasteiger partial charge in [-0.3, -0.25) is 9.78 Å². The van der Waals surface area contributed by atoms with Gasteiger partial charge in [-0.2, -0.15) is 0 Å². The second kappa shape index (κ2) is 9.29. The number of carbonyl (C=O) groups excluding carboxylic acids is 1. The van der Waals surface area contributed by atoms with E-state index in [0.717, 1.165) is 34.2 Å². The van der Waals surface area contributed by atoms with Gasteiger partial charge in [0.1, 0.15) is 17.6 Å². The van der Waals surface area contributed by atoms with Crippen LogP contribution in [0.4, 0.5) is 11.4 Å². The number of thiocarbonyl (C=S) groups is 1. The van der Waals surface area contributed by atoms with Gasteiger partial charge in [-0.1, -0.05) is 17.7 Å². The number of halogens is 1. The summed E-state index contributed by atoms with van der Waals surface area (Å²) < 4.78 is 6.35. The first-order valence-electron chi connectivity index (χ1n) is 10.7. The molecule has 2 N–H and O–H groups in total. The van der Waals surface area contributed by atoms with E-state index in [2.05, 4.69) is 15.6 Å². The summed E-state index contributed by atoms with van der Waals surface area (Å²) in [6, 6.07) is 24.3. The van der Waals surface area contributed by atoms with Crippen LogP contribution in [0.25, 0.3) is 11.3 Å². The molecule has 1 amide bonds. The second-order valence-electron chi connectivity index (χ2n) is 7.93. The van der Waals surface area contributed by atoms with E-state index >= 15 is 0 Å². The Morgan fingerprint density at radius 2 is 1.82 bits per heavy atom. The number of pyridine rings is 1. The lowest BCUT2D eigenvalue weighted by Gasteiger charge is -2.26. The van der Waals surface area contributed by atoms with E-state index < -0.39 is 0 Å². The Labute approximate surface area is 207 Å². The summed E-state index contributed by atoms with van der Waals surface area (Å²) in [4.78, 5) is 18.0. The molecule has 1 fully saturated rings. The molecule has 1 saturated heterocycles. The Morgan fingerprint density at radius 3 is 2.50 bits per heavy atom. The quantitative estimate of drug-likeness (QED) is 0.329. The third-order valence-corrected chi connectivity index (χ3v) is 6.18. The highest BCUT2D eigenvalue weighted by atomic mass is 35.5. The minimum absolute atomic E-state index is 0.121. The van der Waals surface area contributed by atoms with Crippen LogP contribution in [0, 0.1) is 0 Å². The maximum atomic E-state index is 11.4. The number of aromatic nitrogens is 1. The molecule has 6 nitrogen and oxygen atoms in total. The van der Waals surface area contributed by atoms with Crippen molar-refractivity contribution in [3.63, 3.8) is 0 Å². The zero-order chi connectivity index (χ0) is 23.7. The molecule has 8 heteroatoms. The SMILES string of the molecule is CC(=O)Nc1ccc(N2C(=S)N[C@@H](c3ccccn3)[C@@H]2c2ccc(-c3ccc(Cl)cc3)o2)cc1. The van der Waals surface area contributed by atoms with Crippen LogP contribution in [0.15, 0.2) is 89.5 Å². The highest BCUT2D eigenvalue weighted by molar-refractivity contribution is 7.80. The lowest BCUT2D eigenvalue weighted by Crippen LogP contribution is -2.29. The van der Waals surface area contributed by atoms with Gasteiger partial charge in [0.25, 0.3) is 0 Å². The highest BCUT2D eigenvalue weighted by Gasteiger charge is 2.42. The fourth-order valence-electron chi connectivity index (χ4n) is 4.11. The van der Waals surface area contributed by atoms with Gasteiger partial charge >= 0.3 is 0 Å². The van der Waals surface area contributed by atoms with Crippen molar-refractivity contribution in [3.05, 3.63) is 102 Å². The molecule has 5 rings (SSSR count). The average Bonchev–Trinajstić information content (AvgIpc) is 3.45. The number of nitrogens with zero attached hydrogens (tertiary/aromatic N) is 2. The molecule has 1 aliphatic heterocycles. The number of anilines is 2. The number of nitrogens with one attached hydrogen (secondary N) is 2. The van der Waals surface area contributed by atoms with Crippen molar-refractivity contribution in [2.45, 2.75) is 19.0 Å². The van der Waals surface area contributed by atoms with E-state index in [4.69, 9.17) is 28.2 Å². The van der Waals surface area contributed by atoms with Gasteiger partial charge in [0.15, 0.2) is 5.11 Å². The summed E-state index contributed by atoms with van der Waals surface area (Å²) in [7, 11) is 0. The van der Waals surface area contributed by atoms with Crippen LogP contribution in [0.5, 0.6) is 0 Å². The standard InChI is InChI=1S/C26H21ClN4O2S/c1-16(32)29-19-9-11-20(12-10-19)31-25(24(30-26(31)34)21-4-2-3-15-28-21)23-14-13-22(33-23)17-5-7-18(27)8-6-17/h2-15,24-25H,1H3,(H,29,32)(H,30,34)/t24-,25-/m0/s1. The normalized spacial score (nSPS) is 17.5. The van der Waals surface area contributed by atoms with Crippen LogP contribution in [-0.4, -0.2) is 16.0 Å². The Morgan fingerprint density at radius 1 is 1.06 bits per heavy atom. The van der Waals surface area contributed by atoms with E-state index in [-0.39, 0.29) is 18.0 Å². The summed E-state index contributed by atoms with van der Waals surface area (Å²) in [5, 5.41) is 7.45. The summed E-state index contributed by atoms with van der Waals surface area (Å²) in [5.41, 5.74) is 3.39. The van der Waals surface area contributed by atoms with Crippen LogP contribution >= 0.6 is 23.8 Å². The maximum absolute atomic E-state index is 11.4. The fraction of sp³-hybridized carbons (Fsp3) is 0.115. The minimum Gasteiger partial charge on any atom is -0.459 e. The molecule has 0 radical (unpaired) electrons. The molecule has 2 aromatic carbocycles. The molecule has 0 aliphatic carbocycles. The number of rotatable bonds is 5. The summed E-state index contributed by atoms with van der Waals surface area (Å²) in [5.74, 6) is 1.37. The number of furan rings is 1. The third-order valence-electron chi connectivity index (χ3n) is 5.61. The van der Waals surface area contributed by atoms with Gasteiger partial charge < -0.3 is 20.0 Å². The van der Waals surface area contributed by atoms with Crippen molar-refractivity contribution in [2.24, 2.45) is 0 Å². The lowest BCUT2D eigenvalue weighted by molar-refractivity contribution is -0.114. The molecule has 0 bridgehead atoms. The fourth-order valence-corrected chi connectivity index (χ4v) is 4.58. The van der Waals surface area contributed by atoms with E-state index in [0.29, 0.717) is 10.1 Å². The molecular formula is C26H21ClN4O2S. The predicted octanol–water partition coefficient (Wildman–Crippen LogP) is 6.13. The Balaban J connectivity index is 1.55. The van der Waals surface area contributed by atoms with Crippen molar-refractivity contribution in [3.8, 4) is 11.3 Å². The van der Waals surface area contributed by atoms with Crippen molar-refractivity contribution in [1.29, 1.82) is 0 Å². The first kappa shape index (κ1) is 22.1. The van der Waals surface area contributed by atoms with E-state index in [9.17, 15) is 4.79 Å². The molecule has 4 aromatic rings. The average molecular weight is 489 g/mol. The first-order chi connectivity index (χ1) is 16.5. The van der Waals surface area contributed by atoms with Crippen LogP contribution in [-0.2, 0) is 4.79 Å². The van der Waals surface area contributed by atoms with Crippen LogP contribution in [0.3, 0.4) is 0 Å². The van der Waals surface area contributed by atoms with Gasteiger partial charge in [-0.25, -0.2) is 0 Å². The Bertz CT molecular complexity index is 1320. The lowest BCUT2D eigenvalue weighted by atomic mass is 10.0. The Hall–Kier alpha value is -3.68. The molecule has 0 spiro atoms. The van der Waals surface area contributed by atoms with Crippen molar-refractivity contribution < 1.29 is 9.21 Å². The molecular weight excluding hydrogens is 468 g/mol. The van der Waals surface area contributed by atoms with Crippen molar-refractivity contribution in [1.82, 2.24) is 10.3 Å². The van der Waals surface area contributed by atoms with Gasteiger partial charge in [0.05, 0.1) is 11.7 Å². The highest BCUT2D eigenvalue weighted by Crippen LogP contribution is 2.43. The summed E-state index contributed by atoms with van der Waals surface area (Å²) in [6.07, 6.45) is 1.77. The van der Waals surface area contributed by atoms with Crippen molar-refractivity contribution in [2.75, 3.05) is 10.2 Å². The molecule has 1 aliphatic rings. The number of carbonyl (C=O) groups is 1. The predicted molar refractivity (Wildman–Crippen MR) is 138 cm³/mol. The topological polar surface area (TPSA) is 70.4 Å². The first-order valence-corrected chi connectivity index (χ1v) is 11.5. The molecule has 0 saturated carbocycles. The Kier molecular flexibility index (Phi) is 6.04.